The average Bonchev–Trinajstić information content (AvgIpc) is 2.75. The first-order chi connectivity index (χ1) is 14.0. The summed E-state index contributed by atoms with van der Waals surface area (Å²) < 4.78 is 5.12. The molecule has 3 aromatic rings. The summed E-state index contributed by atoms with van der Waals surface area (Å²) in [5.74, 6) is -1.02. The second-order valence-corrected chi connectivity index (χ2v) is 6.94. The van der Waals surface area contributed by atoms with E-state index in [0.717, 1.165) is 11.1 Å². The molecular weight excluding hydrogens is 388 g/mol. The van der Waals surface area contributed by atoms with Crippen LogP contribution in [0.1, 0.15) is 27.5 Å². The van der Waals surface area contributed by atoms with Crippen LogP contribution in [0, 0.1) is 0 Å². The Balaban J connectivity index is 1.63. The lowest BCUT2D eigenvalue weighted by Gasteiger charge is -2.19. The molecular formula is C23H21ClN2O3. The summed E-state index contributed by atoms with van der Waals surface area (Å²) in [7, 11) is 0. The highest BCUT2D eigenvalue weighted by Crippen LogP contribution is 2.20. The van der Waals surface area contributed by atoms with Crippen LogP contribution in [0.15, 0.2) is 78.9 Å². The van der Waals surface area contributed by atoms with Gasteiger partial charge in [-0.3, -0.25) is 4.79 Å². The molecule has 1 amide bonds. The lowest BCUT2D eigenvalue weighted by Crippen LogP contribution is -2.33. The summed E-state index contributed by atoms with van der Waals surface area (Å²) in [6.07, 6.45) is 0.623. The number of hydrogen-bond acceptors (Lipinski definition) is 4. The molecule has 1 atom stereocenters. The van der Waals surface area contributed by atoms with E-state index in [9.17, 15) is 9.59 Å². The molecule has 29 heavy (non-hydrogen) atoms. The molecule has 3 rings (SSSR count). The van der Waals surface area contributed by atoms with Crippen molar-refractivity contribution >= 4 is 29.2 Å². The number of anilines is 1. The van der Waals surface area contributed by atoms with Crippen molar-refractivity contribution in [1.82, 2.24) is 5.32 Å². The molecule has 0 saturated heterocycles. The fourth-order valence-corrected chi connectivity index (χ4v) is 3.03. The molecule has 0 aliphatic rings. The number of esters is 1. The summed E-state index contributed by atoms with van der Waals surface area (Å²) in [5, 5.41) is 3.30. The molecule has 3 N–H and O–H groups in total. The number of halogens is 1. The van der Waals surface area contributed by atoms with Gasteiger partial charge in [-0.1, -0.05) is 72.3 Å². The topological polar surface area (TPSA) is 81.4 Å². The van der Waals surface area contributed by atoms with E-state index in [1.165, 1.54) is 18.2 Å². The van der Waals surface area contributed by atoms with Crippen molar-refractivity contribution in [1.29, 1.82) is 0 Å². The predicted octanol–water partition coefficient (Wildman–Crippen LogP) is 4.18. The van der Waals surface area contributed by atoms with Crippen LogP contribution >= 0.6 is 11.6 Å². The SMILES string of the molecule is Nc1cc(C(=O)OCC(=O)N[C@H](Cc2ccccc2)c2ccccc2)ccc1Cl. The first-order valence-electron chi connectivity index (χ1n) is 9.13. The minimum atomic E-state index is -0.636. The maximum Gasteiger partial charge on any atom is 0.338 e. The fraction of sp³-hybridized carbons (Fsp3) is 0.130. The molecule has 6 heteroatoms. The highest BCUT2D eigenvalue weighted by molar-refractivity contribution is 6.33. The number of nitrogen functional groups attached to an aromatic ring is 1. The Hall–Kier alpha value is -3.31. The van der Waals surface area contributed by atoms with Crippen molar-refractivity contribution in [3.05, 3.63) is 101 Å². The summed E-state index contributed by atoms with van der Waals surface area (Å²) in [6.45, 7) is -0.389. The molecule has 0 aliphatic heterocycles. The molecule has 0 bridgehead atoms. The molecule has 148 valence electrons. The standard InChI is InChI=1S/C23H21ClN2O3/c24-19-12-11-18(14-20(19)25)23(28)29-15-22(27)26-21(17-9-5-2-6-10-17)13-16-7-3-1-4-8-16/h1-12,14,21H,13,15,25H2,(H,26,27)/t21-/m1/s1. The third kappa shape index (κ3) is 5.83. The van der Waals surface area contributed by atoms with Crippen molar-refractivity contribution in [3.63, 3.8) is 0 Å². The Kier molecular flexibility index (Phi) is 6.87. The molecule has 0 heterocycles. The second-order valence-electron chi connectivity index (χ2n) is 6.53. The molecule has 3 aromatic carbocycles. The lowest BCUT2D eigenvalue weighted by atomic mass is 9.99. The van der Waals surface area contributed by atoms with Crippen LogP contribution in [0.2, 0.25) is 5.02 Å². The maximum atomic E-state index is 12.4. The monoisotopic (exact) mass is 408 g/mol. The van der Waals surface area contributed by atoms with E-state index in [1.807, 2.05) is 60.7 Å². The van der Waals surface area contributed by atoms with Gasteiger partial charge >= 0.3 is 5.97 Å². The van der Waals surface area contributed by atoms with Gasteiger partial charge in [-0.05, 0) is 35.7 Å². The highest BCUT2D eigenvalue weighted by atomic mass is 35.5. The van der Waals surface area contributed by atoms with Crippen molar-refractivity contribution in [2.24, 2.45) is 0 Å². The highest BCUT2D eigenvalue weighted by Gasteiger charge is 2.17. The van der Waals surface area contributed by atoms with Gasteiger partial charge in [0.15, 0.2) is 6.61 Å². The predicted molar refractivity (Wildman–Crippen MR) is 114 cm³/mol. The van der Waals surface area contributed by atoms with E-state index >= 15 is 0 Å². The van der Waals surface area contributed by atoms with Crippen LogP contribution in [0.4, 0.5) is 5.69 Å². The Morgan fingerprint density at radius 1 is 0.966 bits per heavy atom. The number of rotatable bonds is 7. The number of hydrogen-bond donors (Lipinski definition) is 2. The molecule has 0 saturated carbocycles. The van der Waals surface area contributed by atoms with E-state index in [0.29, 0.717) is 11.4 Å². The number of amides is 1. The largest absolute Gasteiger partial charge is 0.452 e. The number of nitrogens with one attached hydrogen (secondary N) is 1. The van der Waals surface area contributed by atoms with Gasteiger partial charge in [-0.2, -0.15) is 0 Å². The zero-order valence-corrected chi connectivity index (χ0v) is 16.4. The lowest BCUT2D eigenvalue weighted by molar-refractivity contribution is -0.125. The third-order valence-corrected chi connectivity index (χ3v) is 4.73. The van der Waals surface area contributed by atoms with Crippen LogP contribution < -0.4 is 11.1 Å². The number of benzene rings is 3. The molecule has 0 aliphatic carbocycles. The Morgan fingerprint density at radius 2 is 1.62 bits per heavy atom. The van der Waals surface area contributed by atoms with Crippen molar-refractivity contribution in [2.45, 2.75) is 12.5 Å². The van der Waals surface area contributed by atoms with E-state index in [2.05, 4.69) is 5.32 Å². The van der Waals surface area contributed by atoms with Crippen LogP contribution in [0.25, 0.3) is 0 Å². The van der Waals surface area contributed by atoms with E-state index in [1.54, 1.807) is 0 Å². The van der Waals surface area contributed by atoms with Gasteiger partial charge < -0.3 is 15.8 Å². The van der Waals surface area contributed by atoms with Gasteiger partial charge in [0.2, 0.25) is 0 Å². The van der Waals surface area contributed by atoms with Crippen molar-refractivity contribution in [3.8, 4) is 0 Å². The van der Waals surface area contributed by atoms with Gasteiger partial charge in [-0.15, -0.1) is 0 Å². The van der Waals surface area contributed by atoms with Crippen molar-refractivity contribution < 1.29 is 14.3 Å². The van der Waals surface area contributed by atoms with Gasteiger partial charge in [0, 0.05) is 0 Å². The number of carbonyl (C=O) groups is 2. The fourth-order valence-electron chi connectivity index (χ4n) is 2.91. The van der Waals surface area contributed by atoms with Crippen LogP contribution in [0.3, 0.4) is 0 Å². The maximum absolute atomic E-state index is 12.4. The van der Waals surface area contributed by atoms with Gasteiger partial charge in [0.1, 0.15) is 0 Å². The molecule has 0 unspecified atom stereocenters. The Morgan fingerprint density at radius 3 is 2.28 bits per heavy atom. The molecule has 0 aromatic heterocycles. The smallest absolute Gasteiger partial charge is 0.338 e. The van der Waals surface area contributed by atoms with Gasteiger partial charge in [-0.25, -0.2) is 4.79 Å². The first kappa shape index (κ1) is 20.4. The van der Waals surface area contributed by atoms with Gasteiger partial charge in [0.05, 0.1) is 22.3 Å². The summed E-state index contributed by atoms with van der Waals surface area (Å²) >= 11 is 5.85. The second kappa shape index (κ2) is 9.75. The third-order valence-electron chi connectivity index (χ3n) is 4.39. The van der Waals surface area contributed by atoms with Crippen LogP contribution in [-0.4, -0.2) is 18.5 Å². The first-order valence-corrected chi connectivity index (χ1v) is 9.51. The van der Waals surface area contributed by atoms with Crippen LogP contribution in [0.5, 0.6) is 0 Å². The molecule has 0 spiro atoms. The van der Waals surface area contributed by atoms with E-state index in [4.69, 9.17) is 22.1 Å². The summed E-state index contributed by atoms with van der Waals surface area (Å²) in [6, 6.07) is 23.7. The minimum Gasteiger partial charge on any atom is -0.452 e. The number of nitrogens with two attached hydrogens (primary N) is 1. The average molecular weight is 409 g/mol. The number of ether oxygens (including phenoxy) is 1. The van der Waals surface area contributed by atoms with Crippen LogP contribution in [-0.2, 0) is 16.0 Å². The zero-order chi connectivity index (χ0) is 20.6. The number of carbonyl (C=O) groups excluding carboxylic acids is 2. The van der Waals surface area contributed by atoms with E-state index < -0.39 is 5.97 Å². The van der Waals surface area contributed by atoms with E-state index in [-0.39, 0.29) is 29.8 Å². The van der Waals surface area contributed by atoms with Gasteiger partial charge in [0.25, 0.3) is 5.91 Å². The molecule has 0 radical (unpaired) electrons. The quantitative estimate of drug-likeness (QED) is 0.454. The summed E-state index contributed by atoms with van der Waals surface area (Å²) in [4.78, 5) is 24.6. The minimum absolute atomic E-state index is 0.239. The Bertz CT molecular complexity index is 978. The molecule has 0 fully saturated rings. The molecule has 5 nitrogen and oxygen atoms in total. The zero-order valence-electron chi connectivity index (χ0n) is 15.7. The summed E-state index contributed by atoms with van der Waals surface area (Å²) in [5.41, 5.74) is 8.28. The normalized spacial score (nSPS) is 11.5. The van der Waals surface area contributed by atoms with Crippen molar-refractivity contribution in [2.75, 3.05) is 12.3 Å². The Labute approximate surface area is 174 Å².